The number of nitrogens with two attached hydrogens (primary N) is 1. The van der Waals surface area contributed by atoms with Gasteiger partial charge in [0, 0.05) is 29.6 Å². The van der Waals surface area contributed by atoms with E-state index in [-0.39, 0.29) is 5.91 Å². The lowest BCUT2D eigenvalue weighted by Crippen LogP contribution is -2.26. The molecule has 178 valence electrons. The van der Waals surface area contributed by atoms with Crippen molar-refractivity contribution in [3.05, 3.63) is 108 Å². The normalized spacial score (nSPS) is 12.6. The molecule has 3 N–H and O–H groups in total. The molecule has 1 fully saturated rings. The molecular weight excluding hydrogens is 446 g/mol. The van der Waals surface area contributed by atoms with Crippen LogP contribution in [0.4, 0.5) is 17.1 Å². The molecule has 1 aliphatic carbocycles. The number of hydrogen-bond donors (Lipinski definition) is 2. The Labute approximate surface area is 211 Å². The van der Waals surface area contributed by atoms with Crippen LogP contribution in [0, 0.1) is 17.2 Å². The van der Waals surface area contributed by atoms with Crippen LogP contribution in [0.2, 0.25) is 0 Å². The van der Waals surface area contributed by atoms with Crippen LogP contribution >= 0.6 is 0 Å². The first kappa shape index (κ1) is 23.3. The van der Waals surface area contributed by atoms with Crippen LogP contribution < -0.4 is 16.0 Å². The maximum Gasteiger partial charge on any atom is 0.262 e. The highest BCUT2D eigenvalue weighted by Gasteiger charge is 2.22. The summed E-state index contributed by atoms with van der Waals surface area (Å²) >= 11 is 0. The molecule has 0 saturated heterocycles. The summed E-state index contributed by atoms with van der Waals surface area (Å²) in [6.07, 6.45) is 4.41. The molecule has 1 amide bonds. The lowest BCUT2D eigenvalue weighted by atomic mass is 10.0. The van der Waals surface area contributed by atoms with E-state index in [1.807, 2.05) is 72.9 Å². The van der Waals surface area contributed by atoms with Gasteiger partial charge < -0.3 is 11.1 Å². The van der Waals surface area contributed by atoms with E-state index < -0.39 is 0 Å². The number of nitrogens with one attached hydrogen (secondary N) is 1. The molecule has 0 aliphatic heterocycles. The monoisotopic (exact) mass is 473 g/mol. The molecule has 1 aromatic heterocycles. The summed E-state index contributed by atoms with van der Waals surface area (Å²) in [5.74, 6) is 0.598. The Balaban J connectivity index is 1.40. The molecule has 0 atom stereocenters. The molecule has 1 saturated carbocycles. The van der Waals surface area contributed by atoms with Gasteiger partial charge in [-0.05, 0) is 73.3 Å². The zero-order chi connectivity index (χ0) is 24.9. The maximum atomic E-state index is 13.7. The molecule has 3 aromatic carbocycles. The fraction of sp³-hybridized carbons (Fsp3) is 0.167. The van der Waals surface area contributed by atoms with Crippen molar-refractivity contribution in [1.82, 2.24) is 10.3 Å². The number of aromatic nitrogens is 1. The molecule has 0 unspecified atom stereocenters. The van der Waals surface area contributed by atoms with Crippen molar-refractivity contribution in [2.45, 2.75) is 19.4 Å². The van der Waals surface area contributed by atoms with Crippen LogP contribution in [0.15, 0.2) is 91.1 Å². The first-order chi connectivity index (χ1) is 17.6. The molecule has 0 bridgehead atoms. The Hall–Kier alpha value is -4.47. The Morgan fingerprint density at radius 2 is 1.75 bits per heavy atom. The first-order valence-electron chi connectivity index (χ1n) is 12.1. The van der Waals surface area contributed by atoms with E-state index in [1.54, 1.807) is 23.1 Å². The SMILES string of the molecule is N#Cc1cc(CNCC2CC2)cnc1-c1ccc(C(=O)N(c2ccccc2)c2ccccc2N)cc1. The van der Waals surface area contributed by atoms with E-state index in [0.29, 0.717) is 34.7 Å². The quantitative estimate of drug-likeness (QED) is 0.321. The van der Waals surface area contributed by atoms with Gasteiger partial charge in [0.25, 0.3) is 5.91 Å². The number of nitrogens with zero attached hydrogens (tertiary/aromatic N) is 3. The van der Waals surface area contributed by atoms with Crippen LogP contribution in [0.25, 0.3) is 11.3 Å². The smallest absolute Gasteiger partial charge is 0.262 e. The predicted octanol–water partition coefficient (Wildman–Crippen LogP) is 5.68. The number of carbonyl (C=O) groups excluding carboxylic acids is 1. The van der Waals surface area contributed by atoms with E-state index in [0.717, 1.165) is 29.3 Å². The van der Waals surface area contributed by atoms with Gasteiger partial charge in [-0.1, -0.05) is 42.5 Å². The molecule has 5 rings (SSSR count). The number of para-hydroxylation sites is 3. The minimum absolute atomic E-state index is 0.198. The number of benzene rings is 3. The van der Waals surface area contributed by atoms with E-state index in [2.05, 4.69) is 16.4 Å². The van der Waals surface area contributed by atoms with E-state index in [1.165, 1.54) is 12.8 Å². The van der Waals surface area contributed by atoms with Gasteiger partial charge in [0.05, 0.1) is 22.6 Å². The largest absolute Gasteiger partial charge is 0.397 e. The minimum atomic E-state index is -0.198. The standard InChI is InChI=1S/C30H27N5O/c31-17-25-16-22(19-33-18-21-10-11-21)20-34-29(25)23-12-14-24(15-13-23)30(36)35(26-6-2-1-3-7-26)28-9-5-4-8-27(28)32/h1-9,12-16,20-21,33H,10-11,18-19,32H2. The van der Waals surface area contributed by atoms with Gasteiger partial charge in [0.15, 0.2) is 0 Å². The summed E-state index contributed by atoms with van der Waals surface area (Å²) in [5.41, 5.74) is 11.5. The van der Waals surface area contributed by atoms with Crippen molar-refractivity contribution in [1.29, 1.82) is 5.26 Å². The Morgan fingerprint density at radius 1 is 1.03 bits per heavy atom. The third-order valence-electron chi connectivity index (χ3n) is 6.32. The highest BCUT2D eigenvalue weighted by atomic mass is 16.2. The molecule has 0 spiro atoms. The van der Waals surface area contributed by atoms with Crippen molar-refractivity contribution in [2.75, 3.05) is 17.2 Å². The minimum Gasteiger partial charge on any atom is -0.397 e. The molecule has 4 aromatic rings. The molecular formula is C30H27N5O. The van der Waals surface area contributed by atoms with Crippen molar-refractivity contribution in [3.8, 4) is 17.3 Å². The summed E-state index contributed by atoms with van der Waals surface area (Å²) in [7, 11) is 0. The third-order valence-corrected chi connectivity index (χ3v) is 6.32. The van der Waals surface area contributed by atoms with Crippen LogP contribution in [0.3, 0.4) is 0 Å². The fourth-order valence-corrected chi connectivity index (χ4v) is 4.20. The zero-order valence-electron chi connectivity index (χ0n) is 19.9. The van der Waals surface area contributed by atoms with E-state index in [4.69, 9.17) is 5.73 Å². The zero-order valence-corrected chi connectivity index (χ0v) is 19.9. The molecule has 6 heteroatoms. The van der Waals surface area contributed by atoms with Crippen molar-refractivity contribution >= 4 is 23.0 Å². The number of nitrogen functional groups attached to an aromatic ring is 1. The van der Waals surface area contributed by atoms with Crippen molar-refractivity contribution in [3.63, 3.8) is 0 Å². The van der Waals surface area contributed by atoms with Gasteiger partial charge in [0.2, 0.25) is 0 Å². The van der Waals surface area contributed by atoms with Gasteiger partial charge in [-0.15, -0.1) is 0 Å². The Morgan fingerprint density at radius 3 is 2.44 bits per heavy atom. The van der Waals surface area contributed by atoms with Gasteiger partial charge in [0.1, 0.15) is 6.07 Å². The van der Waals surface area contributed by atoms with Crippen LogP contribution in [0.1, 0.15) is 34.3 Å². The van der Waals surface area contributed by atoms with Crippen LogP contribution in [-0.2, 0) is 6.54 Å². The average Bonchev–Trinajstić information content (AvgIpc) is 3.75. The average molecular weight is 474 g/mol. The number of amides is 1. The van der Waals surface area contributed by atoms with Crippen LogP contribution in [-0.4, -0.2) is 17.4 Å². The summed E-state index contributed by atoms with van der Waals surface area (Å²) in [6, 6.07) is 28.1. The second-order valence-corrected chi connectivity index (χ2v) is 9.04. The second kappa shape index (κ2) is 10.4. The lowest BCUT2D eigenvalue weighted by molar-refractivity contribution is 0.0999. The maximum absolute atomic E-state index is 13.7. The molecule has 6 nitrogen and oxygen atoms in total. The van der Waals surface area contributed by atoms with Gasteiger partial charge >= 0.3 is 0 Å². The number of pyridine rings is 1. The molecule has 36 heavy (non-hydrogen) atoms. The van der Waals surface area contributed by atoms with Crippen molar-refractivity contribution in [2.24, 2.45) is 5.92 Å². The van der Waals surface area contributed by atoms with Gasteiger partial charge in [-0.25, -0.2) is 0 Å². The summed E-state index contributed by atoms with van der Waals surface area (Å²) in [6.45, 7) is 1.71. The first-order valence-corrected chi connectivity index (χ1v) is 12.1. The molecule has 1 aliphatic rings. The number of rotatable bonds is 8. The number of carbonyl (C=O) groups is 1. The summed E-state index contributed by atoms with van der Waals surface area (Å²) in [4.78, 5) is 19.9. The predicted molar refractivity (Wildman–Crippen MR) is 143 cm³/mol. The number of hydrogen-bond acceptors (Lipinski definition) is 5. The third kappa shape index (κ3) is 5.12. The number of nitriles is 1. The van der Waals surface area contributed by atoms with E-state index >= 15 is 0 Å². The summed E-state index contributed by atoms with van der Waals surface area (Å²) in [5, 5.41) is 13.2. The number of anilines is 3. The highest BCUT2D eigenvalue weighted by Crippen LogP contribution is 2.32. The lowest BCUT2D eigenvalue weighted by Gasteiger charge is -2.24. The highest BCUT2D eigenvalue weighted by molar-refractivity contribution is 6.12. The molecule has 1 heterocycles. The Kier molecular flexibility index (Phi) is 6.74. The van der Waals surface area contributed by atoms with Crippen LogP contribution in [0.5, 0.6) is 0 Å². The Bertz CT molecular complexity index is 1410. The topological polar surface area (TPSA) is 95.0 Å². The molecule has 0 radical (unpaired) electrons. The fourth-order valence-electron chi connectivity index (χ4n) is 4.20. The van der Waals surface area contributed by atoms with E-state index in [9.17, 15) is 10.1 Å². The van der Waals surface area contributed by atoms with Crippen molar-refractivity contribution < 1.29 is 4.79 Å². The second-order valence-electron chi connectivity index (χ2n) is 9.04. The summed E-state index contributed by atoms with van der Waals surface area (Å²) < 4.78 is 0. The van der Waals surface area contributed by atoms with Gasteiger partial charge in [-0.3, -0.25) is 14.7 Å². The van der Waals surface area contributed by atoms with Gasteiger partial charge in [-0.2, -0.15) is 5.26 Å².